The molecule has 1 aliphatic carbocycles. The molecule has 2 N–H and O–H groups in total. The molecule has 0 bridgehead atoms. The summed E-state index contributed by atoms with van der Waals surface area (Å²) in [5.41, 5.74) is 5.89. The van der Waals surface area contributed by atoms with Crippen molar-refractivity contribution in [1.29, 1.82) is 0 Å². The van der Waals surface area contributed by atoms with Crippen molar-refractivity contribution in [3.8, 4) is 0 Å². The number of hydrogen-bond acceptors (Lipinski definition) is 3. The lowest BCUT2D eigenvalue weighted by Gasteiger charge is -2.24. The van der Waals surface area contributed by atoms with E-state index in [1.54, 1.807) is 11.3 Å². The van der Waals surface area contributed by atoms with Crippen LogP contribution in [0.1, 0.15) is 51.0 Å². The smallest absolute Gasteiger partial charge is 0.120 e. The molecule has 0 atom stereocenters. The Morgan fingerprint density at radius 2 is 2.12 bits per heavy atom. The van der Waals surface area contributed by atoms with Gasteiger partial charge >= 0.3 is 0 Å². The molecule has 1 aromatic heterocycles. The van der Waals surface area contributed by atoms with Crippen molar-refractivity contribution in [1.82, 2.24) is 4.98 Å². The minimum Gasteiger partial charge on any atom is -0.387 e. The van der Waals surface area contributed by atoms with Crippen LogP contribution in [-0.4, -0.2) is 10.8 Å². The molecule has 1 heterocycles. The van der Waals surface area contributed by atoms with Gasteiger partial charge in [0.05, 0.1) is 5.84 Å². The highest BCUT2D eigenvalue weighted by Crippen LogP contribution is 2.29. The van der Waals surface area contributed by atoms with E-state index in [4.69, 9.17) is 10.7 Å². The molecule has 0 saturated heterocycles. The van der Waals surface area contributed by atoms with Crippen LogP contribution in [0, 0.1) is 5.92 Å². The van der Waals surface area contributed by atoms with Crippen LogP contribution in [0.3, 0.4) is 0 Å². The van der Waals surface area contributed by atoms with Gasteiger partial charge in [0.15, 0.2) is 0 Å². The fourth-order valence-electron chi connectivity index (χ4n) is 2.39. The molecular formula is C13H21N3S. The predicted octanol–water partition coefficient (Wildman–Crippen LogP) is 3.32. The first-order valence-corrected chi connectivity index (χ1v) is 7.23. The van der Waals surface area contributed by atoms with Gasteiger partial charge in [-0.2, -0.15) is 0 Å². The molecule has 4 heteroatoms. The number of aliphatic imine (C=N–C) groups is 1. The lowest BCUT2D eigenvalue weighted by molar-refractivity contribution is 0.430. The second-order valence-corrected chi connectivity index (χ2v) is 6.16. The number of nitrogens with two attached hydrogens (primary N) is 1. The summed E-state index contributed by atoms with van der Waals surface area (Å²) in [5, 5.41) is 3.03. The molecule has 1 saturated carbocycles. The Labute approximate surface area is 107 Å². The summed E-state index contributed by atoms with van der Waals surface area (Å²) in [5.74, 6) is 1.31. The van der Waals surface area contributed by atoms with Gasteiger partial charge in [-0.15, -0.1) is 11.3 Å². The number of nitrogens with zero attached hydrogens (tertiary/aromatic N) is 2. The van der Waals surface area contributed by atoms with Crippen molar-refractivity contribution >= 4 is 17.2 Å². The summed E-state index contributed by atoms with van der Waals surface area (Å²) in [6.45, 7) is 4.17. The predicted molar refractivity (Wildman–Crippen MR) is 73.3 cm³/mol. The minimum absolute atomic E-state index is 0.282. The van der Waals surface area contributed by atoms with Gasteiger partial charge in [-0.3, -0.25) is 4.99 Å². The van der Waals surface area contributed by atoms with E-state index in [-0.39, 0.29) is 5.54 Å². The quantitative estimate of drug-likeness (QED) is 0.662. The molecule has 0 aliphatic heterocycles. The summed E-state index contributed by atoms with van der Waals surface area (Å²) >= 11 is 1.64. The summed E-state index contributed by atoms with van der Waals surface area (Å²) in [6.07, 6.45) is 8.15. The molecule has 2 rings (SSSR count). The van der Waals surface area contributed by atoms with Crippen molar-refractivity contribution in [2.24, 2.45) is 16.6 Å². The Morgan fingerprint density at radius 1 is 1.41 bits per heavy atom. The van der Waals surface area contributed by atoms with Crippen LogP contribution in [0.2, 0.25) is 0 Å². The molecule has 1 fully saturated rings. The summed E-state index contributed by atoms with van der Waals surface area (Å²) < 4.78 is 0. The van der Waals surface area contributed by atoms with Gasteiger partial charge in [0, 0.05) is 17.5 Å². The maximum absolute atomic E-state index is 6.17. The van der Waals surface area contributed by atoms with E-state index in [9.17, 15) is 0 Å². The van der Waals surface area contributed by atoms with Crippen molar-refractivity contribution in [3.63, 3.8) is 0 Å². The molecular weight excluding hydrogens is 230 g/mol. The minimum atomic E-state index is -0.282. The maximum atomic E-state index is 6.17. The molecule has 0 amide bonds. The monoisotopic (exact) mass is 251 g/mol. The topological polar surface area (TPSA) is 51.3 Å². The molecule has 1 aromatic rings. The zero-order valence-electron chi connectivity index (χ0n) is 10.6. The Kier molecular flexibility index (Phi) is 3.82. The Balaban J connectivity index is 2.11. The van der Waals surface area contributed by atoms with Crippen LogP contribution in [0.5, 0.6) is 0 Å². The molecule has 0 aromatic carbocycles. The van der Waals surface area contributed by atoms with E-state index in [0.717, 1.165) is 10.8 Å². The van der Waals surface area contributed by atoms with Gasteiger partial charge in [-0.1, -0.05) is 19.3 Å². The summed E-state index contributed by atoms with van der Waals surface area (Å²) in [7, 11) is 0. The van der Waals surface area contributed by atoms with Crippen LogP contribution < -0.4 is 5.73 Å². The lowest BCUT2D eigenvalue weighted by Crippen LogP contribution is -2.29. The average Bonchev–Trinajstić information content (AvgIpc) is 2.84. The molecule has 0 unspecified atom stereocenters. The number of hydrogen-bond donors (Lipinski definition) is 1. The molecule has 94 valence electrons. The van der Waals surface area contributed by atoms with Crippen molar-refractivity contribution in [3.05, 3.63) is 16.6 Å². The number of thiazole rings is 1. The van der Waals surface area contributed by atoms with Crippen molar-refractivity contribution in [2.75, 3.05) is 0 Å². The first kappa shape index (κ1) is 12.6. The molecule has 1 aliphatic rings. The largest absolute Gasteiger partial charge is 0.387 e. The van der Waals surface area contributed by atoms with Crippen LogP contribution in [-0.2, 0) is 5.54 Å². The highest BCUT2D eigenvalue weighted by atomic mass is 32.1. The molecule has 3 nitrogen and oxygen atoms in total. The van der Waals surface area contributed by atoms with E-state index >= 15 is 0 Å². The van der Waals surface area contributed by atoms with Gasteiger partial charge in [-0.05, 0) is 26.7 Å². The highest BCUT2D eigenvalue weighted by molar-refractivity contribution is 7.09. The van der Waals surface area contributed by atoms with Gasteiger partial charge in [0.25, 0.3) is 0 Å². The Morgan fingerprint density at radius 3 is 2.71 bits per heavy atom. The zero-order chi connectivity index (χ0) is 12.3. The standard InChI is InChI=1S/C13H21N3S/c1-13(2,12-15-8-9-17-12)16-11(14)10-6-4-3-5-7-10/h8-10H,3-7H2,1-2H3,(H2,14,16). The number of amidine groups is 1. The van der Waals surface area contributed by atoms with Gasteiger partial charge in [-0.25, -0.2) is 4.98 Å². The van der Waals surface area contributed by atoms with Crippen LogP contribution >= 0.6 is 11.3 Å². The van der Waals surface area contributed by atoms with Crippen molar-refractivity contribution in [2.45, 2.75) is 51.5 Å². The van der Waals surface area contributed by atoms with E-state index in [2.05, 4.69) is 18.8 Å². The third-order valence-corrected chi connectivity index (χ3v) is 4.47. The Bertz CT molecular complexity index is 375. The third-order valence-electron chi connectivity index (χ3n) is 3.39. The second kappa shape index (κ2) is 5.17. The lowest BCUT2D eigenvalue weighted by atomic mass is 9.88. The first-order valence-electron chi connectivity index (χ1n) is 6.35. The Hall–Kier alpha value is -0.900. The molecule has 0 radical (unpaired) electrons. The van der Waals surface area contributed by atoms with Gasteiger partial charge < -0.3 is 5.73 Å². The van der Waals surface area contributed by atoms with Crippen molar-refractivity contribution < 1.29 is 0 Å². The number of rotatable bonds is 3. The first-order chi connectivity index (χ1) is 8.09. The van der Waals surface area contributed by atoms with E-state index in [1.165, 1.54) is 32.1 Å². The normalized spacial score (nSPS) is 19.5. The van der Waals surface area contributed by atoms with Gasteiger partial charge in [0.1, 0.15) is 10.5 Å². The second-order valence-electron chi connectivity index (χ2n) is 5.27. The fraction of sp³-hybridized carbons (Fsp3) is 0.692. The number of aromatic nitrogens is 1. The van der Waals surface area contributed by atoms with Crippen LogP contribution in [0.15, 0.2) is 16.6 Å². The summed E-state index contributed by atoms with van der Waals surface area (Å²) in [4.78, 5) is 9.06. The van der Waals surface area contributed by atoms with E-state index in [1.807, 2.05) is 11.6 Å². The average molecular weight is 251 g/mol. The molecule has 0 spiro atoms. The SMILES string of the molecule is CC(C)(N=C(N)C1CCCCC1)c1nccs1. The molecule has 17 heavy (non-hydrogen) atoms. The van der Waals surface area contributed by atoms with Gasteiger partial charge in [0.2, 0.25) is 0 Å². The van der Waals surface area contributed by atoms with Crippen LogP contribution in [0.4, 0.5) is 0 Å². The third kappa shape index (κ3) is 3.06. The zero-order valence-corrected chi connectivity index (χ0v) is 11.5. The van der Waals surface area contributed by atoms with E-state index in [0.29, 0.717) is 5.92 Å². The maximum Gasteiger partial charge on any atom is 0.120 e. The van der Waals surface area contributed by atoms with Crippen LogP contribution in [0.25, 0.3) is 0 Å². The fourth-order valence-corrected chi connectivity index (χ4v) is 3.09. The highest BCUT2D eigenvalue weighted by Gasteiger charge is 2.25. The van der Waals surface area contributed by atoms with E-state index < -0.39 is 0 Å². The summed E-state index contributed by atoms with van der Waals surface area (Å²) in [6, 6.07) is 0.